The van der Waals surface area contributed by atoms with Crippen molar-refractivity contribution < 1.29 is 26.0 Å². The fraction of sp³-hybridized carbons (Fsp3) is 0.538. The zero-order chi connectivity index (χ0) is 17.1. The van der Waals surface area contributed by atoms with Crippen molar-refractivity contribution in [2.24, 2.45) is 11.7 Å². The van der Waals surface area contributed by atoms with Gasteiger partial charge in [0.05, 0.1) is 10.5 Å². The second-order valence-electron chi connectivity index (χ2n) is 5.32. The summed E-state index contributed by atoms with van der Waals surface area (Å²) in [6, 6.07) is 0.907. The third kappa shape index (κ3) is 4.92. The van der Waals surface area contributed by atoms with Crippen LogP contribution >= 0.6 is 0 Å². The first-order valence-corrected chi connectivity index (χ1v) is 8.05. The first-order valence-electron chi connectivity index (χ1n) is 6.56. The third-order valence-electron chi connectivity index (χ3n) is 2.92. The molecule has 4 nitrogen and oxygen atoms in total. The monoisotopic (exact) mass is 342 g/mol. The summed E-state index contributed by atoms with van der Waals surface area (Å²) >= 11 is 0. The van der Waals surface area contributed by atoms with Gasteiger partial charge in [-0.25, -0.2) is 17.5 Å². The molecule has 0 fully saturated rings. The molecule has 0 heterocycles. The highest BCUT2D eigenvalue weighted by Crippen LogP contribution is 2.32. The summed E-state index contributed by atoms with van der Waals surface area (Å²) in [5.41, 5.74) is 3.96. The molecule has 0 aliphatic carbocycles. The van der Waals surface area contributed by atoms with Gasteiger partial charge in [-0.2, -0.15) is 13.2 Å². The fourth-order valence-electron chi connectivity index (χ4n) is 1.94. The molecular weight excluding hydrogens is 324 g/mol. The van der Waals surface area contributed by atoms with Crippen molar-refractivity contribution in [1.82, 2.24) is 4.72 Å². The van der Waals surface area contributed by atoms with E-state index < -0.39 is 38.5 Å². The predicted molar refractivity (Wildman–Crippen MR) is 74.0 cm³/mol. The normalized spacial score (nSPS) is 14.4. The van der Waals surface area contributed by atoms with Crippen LogP contribution in [0, 0.1) is 11.7 Å². The average Bonchev–Trinajstić information content (AvgIpc) is 2.35. The molecule has 0 bridgehead atoms. The first kappa shape index (κ1) is 18.9. The molecule has 1 unspecified atom stereocenters. The van der Waals surface area contributed by atoms with E-state index in [1.54, 1.807) is 0 Å². The predicted octanol–water partition coefficient (Wildman–Crippen LogP) is 2.50. The van der Waals surface area contributed by atoms with Gasteiger partial charge in [0.25, 0.3) is 0 Å². The molecule has 126 valence electrons. The van der Waals surface area contributed by atoms with Gasteiger partial charge in [0.2, 0.25) is 10.0 Å². The fourth-order valence-corrected chi connectivity index (χ4v) is 3.22. The highest BCUT2D eigenvalue weighted by Gasteiger charge is 2.34. The van der Waals surface area contributed by atoms with E-state index in [4.69, 9.17) is 5.73 Å². The number of nitrogens with two attached hydrogens (primary N) is 1. The van der Waals surface area contributed by atoms with Crippen molar-refractivity contribution in [1.29, 1.82) is 0 Å². The maximum Gasteiger partial charge on any atom is 0.419 e. The van der Waals surface area contributed by atoms with Crippen molar-refractivity contribution in [2.45, 2.75) is 37.4 Å². The summed E-state index contributed by atoms with van der Waals surface area (Å²) in [7, 11) is -4.14. The summed E-state index contributed by atoms with van der Waals surface area (Å²) in [6.45, 7) is 3.77. The van der Waals surface area contributed by atoms with Crippen LogP contribution in [0.2, 0.25) is 0 Å². The van der Waals surface area contributed by atoms with E-state index in [2.05, 4.69) is 4.72 Å². The molecule has 3 N–H and O–H groups in total. The number of hydrogen-bond donors (Lipinski definition) is 2. The highest BCUT2D eigenvalue weighted by atomic mass is 32.2. The van der Waals surface area contributed by atoms with Gasteiger partial charge in [-0.05, 0) is 30.5 Å². The number of rotatable bonds is 6. The molecule has 0 aliphatic heterocycles. The average molecular weight is 342 g/mol. The molecule has 9 heteroatoms. The molecule has 22 heavy (non-hydrogen) atoms. The Bertz CT molecular complexity index is 615. The van der Waals surface area contributed by atoms with Gasteiger partial charge in [0.15, 0.2) is 0 Å². The Morgan fingerprint density at radius 1 is 1.27 bits per heavy atom. The highest BCUT2D eigenvalue weighted by molar-refractivity contribution is 7.89. The molecular formula is C13H18F4N2O2S. The Hall–Kier alpha value is -1.19. The minimum atomic E-state index is -4.88. The van der Waals surface area contributed by atoms with Crippen LogP contribution in [0.25, 0.3) is 0 Å². The summed E-state index contributed by atoms with van der Waals surface area (Å²) in [5, 5.41) is 0. The van der Waals surface area contributed by atoms with Crippen LogP contribution in [0.15, 0.2) is 23.1 Å². The molecule has 1 rings (SSSR count). The number of sulfonamides is 1. The van der Waals surface area contributed by atoms with E-state index in [1.165, 1.54) is 0 Å². The van der Waals surface area contributed by atoms with Crippen LogP contribution in [-0.2, 0) is 16.2 Å². The SMILES string of the molecule is CC(C)CC(CN)NS(=O)(=O)c1ccc(C(F)(F)F)c(F)c1. The van der Waals surface area contributed by atoms with Gasteiger partial charge in [-0.1, -0.05) is 13.8 Å². The number of alkyl halides is 3. The number of nitrogens with one attached hydrogen (secondary N) is 1. The van der Waals surface area contributed by atoms with Gasteiger partial charge in [-0.3, -0.25) is 0 Å². The minimum Gasteiger partial charge on any atom is -0.329 e. The van der Waals surface area contributed by atoms with Crippen molar-refractivity contribution in [2.75, 3.05) is 6.54 Å². The lowest BCUT2D eigenvalue weighted by atomic mass is 10.1. The lowest BCUT2D eigenvalue weighted by molar-refractivity contribution is -0.140. The van der Waals surface area contributed by atoms with Gasteiger partial charge in [-0.15, -0.1) is 0 Å². The Morgan fingerprint density at radius 3 is 2.27 bits per heavy atom. The zero-order valence-electron chi connectivity index (χ0n) is 12.1. The molecule has 0 amide bonds. The van der Waals surface area contributed by atoms with Gasteiger partial charge in [0, 0.05) is 12.6 Å². The number of hydrogen-bond acceptors (Lipinski definition) is 3. The van der Waals surface area contributed by atoms with Gasteiger partial charge < -0.3 is 5.73 Å². The molecule has 1 aromatic carbocycles. The van der Waals surface area contributed by atoms with Gasteiger partial charge >= 0.3 is 6.18 Å². The number of benzene rings is 1. The van der Waals surface area contributed by atoms with Crippen molar-refractivity contribution >= 4 is 10.0 Å². The topological polar surface area (TPSA) is 72.2 Å². The zero-order valence-corrected chi connectivity index (χ0v) is 12.9. The summed E-state index contributed by atoms with van der Waals surface area (Å²) < 4.78 is 77.3. The first-order chi connectivity index (χ1) is 9.97. The molecule has 0 saturated heterocycles. The summed E-state index contributed by atoms with van der Waals surface area (Å²) in [6.07, 6.45) is -4.42. The molecule has 0 saturated carbocycles. The maximum absolute atomic E-state index is 13.5. The van der Waals surface area contributed by atoms with Crippen LogP contribution < -0.4 is 10.5 Å². The second-order valence-corrected chi connectivity index (χ2v) is 7.04. The van der Waals surface area contributed by atoms with Crippen molar-refractivity contribution in [3.05, 3.63) is 29.6 Å². The number of halogens is 4. The Morgan fingerprint density at radius 2 is 1.86 bits per heavy atom. The molecule has 0 aromatic heterocycles. The van der Waals surface area contributed by atoms with Crippen molar-refractivity contribution in [3.8, 4) is 0 Å². The second kappa shape index (κ2) is 6.93. The van der Waals surface area contributed by atoms with E-state index in [0.29, 0.717) is 18.6 Å². The van der Waals surface area contributed by atoms with Crippen LogP contribution in [0.5, 0.6) is 0 Å². The standard InChI is InChI=1S/C13H18F4N2O2S/c1-8(2)5-9(7-18)19-22(20,21)10-3-4-11(12(14)6-10)13(15,16)17/h3-4,6,8-9,19H,5,7,18H2,1-2H3. The van der Waals surface area contributed by atoms with Crippen LogP contribution in [0.3, 0.4) is 0 Å². The largest absolute Gasteiger partial charge is 0.419 e. The van der Waals surface area contributed by atoms with E-state index in [9.17, 15) is 26.0 Å². The Balaban J connectivity index is 3.06. The molecule has 0 aliphatic rings. The van der Waals surface area contributed by atoms with E-state index in [1.807, 2.05) is 13.8 Å². The third-order valence-corrected chi connectivity index (χ3v) is 4.44. The molecule has 0 radical (unpaired) electrons. The maximum atomic E-state index is 13.5. The summed E-state index contributed by atoms with van der Waals surface area (Å²) in [4.78, 5) is -0.569. The van der Waals surface area contributed by atoms with E-state index in [-0.39, 0.29) is 12.5 Å². The quantitative estimate of drug-likeness (QED) is 0.780. The Labute approximate surface area is 126 Å². The van der Waals surface area contributed by atoms with E-state index in [0.717, 1.165) is 6.07 Å². The van der Waals surface area contributed by atoms with Crippen LogP contribution in [0.4, 0.5) is 17.6 Å². The smallest absolute Gasteiger partial charge is 0.329 e. The Kier molecular flexibility index (Phi) is 5.94. The van der Waals surface area contributed by atoms with Crippen molar-refractivity contribution in [3.63, 3.8) is 0 Å². The minimum absolute atomic E-state index is 0.0283. The molecule has 1 atom stereocenters. The van der Waals surface area contributed by atoms with E-state index >= 15 is 0 Å². The van der Waals surface area contributed by atoms with Crippen LogP contribution in [0.1, 0.15) is 25.8 Å². The lowest BCUT2D eigenvalue weighted by Gasteiger charge is -2.19. The molecule has 1 aromatic rings. The molecule has 0 spiro atoms. The van der Waals surface area contributed by atoms with Crippen LogP contribution in [-0.4, -0.2) is 21.0 Å². The van der Waals surface area contributed by atoms with Gasteiger partial charge in [0.1, 0.15) is 5.82 Å². The lowest BCUT2D eigenvalue weighted by Crippen LogP contribution is -2.41. The summed E-state index contributed by atoms with van der Waals surface area (Å²) in [5.74, 6) is -1.47.